The number of hydrogen-bond acceptors (Lipinski definition) is 3. The van der Waals surface area contributed by atoms with Crippen LogP contribution in [-0.4, -0.2) is 36.1 Å². The number of nitrogens with zero attached hydrogens (tertiary/aromatic N) is 1. The SMILES string of the molecule is Cc1ccc(CN2CC(C)(CCCN)OCC2=O)cc1. The molecule has 2 N–H and O–H groups in total. The van der Waals surface area contributed by atoms with Gasteiger partial charge in [0.05, 0.1) is 5.60 Å². The Morgan fingerprint density at radius 1 is 1.35 bits per heavy atom. The van der Waals surface area contributed by atoms with Crippen molar-refractivity contribution in [2.24, 2.45) is 5.73 Å². The number of morpholine rings is 1. The predicted octanol–water partition coefficient (Wildman–Crippen LogP) is 1.85. The van der Waals surface area contributed by atoms with Crippen molar-refractivity contribution in [2.45, 2.75) is 38.8 Å². The Hall–Kier alpha value is -1.39. The lowest BCUT2D eigenvalue weighted by atomic mass is 9.97. The summed E-state index contributed by atoms with van der Waals surface area (Å²) in [5.41, 5.74) is 7.69. The fourth-order valence-corrected chi connectivity index (χ4v) is 2.55. The molecule has 0 saturated carbocycles. The topological polar surface area (TPSA) is 55.6 Å². The normalized spacial score (nSPS) is 23.1. The monoisotopic (exact) mass is 276 g/mol. The maximum atomic E-state index is 12.0. The van der Waals surface area contributed by atoms with Crippen LogP contribution in [0, 0.1) is 6.92 Å². The van der Waals surface area contributed by atoms with E-state index >= 15 is 0 Å². The van der Waals surface area contributed by atoms with Crippen LogP contribution in [0.1, 0.15) is 30.9 Å². The molecule has 1 aliphatic heterocycles. The molecule has 110 valence electrons. The number of nitrogens with two attached hydrogens (primary N) is 1. The molecule has 0 aliphatic carbocycles. The largest absolute Gasteiger partial charge is 0.364 e. The lowest BCUT2D eigenvalue weighted by molar-refractivity contribution is -0.163. The Bertz CT molecular complexity index is 458. The highest BCUT2D eigenvalue weighted by molar-refractivity contribution is 5.78. The number of amides is 1. The van der Waals surface area contributed by atoms with Gasteiger partial charge in [0.25, 0.3) is 0 Å². The summed E-state index contributed by atoms with van der Waals surface area (Å²) in [5, 5.41) is 0. The fraction of sp³-hybridized carbons (Fsp3) is 0.562. The van der Waals surface area contributed by atoms with Crippen molar-refractivity contribution in [2.75, 3.05) is 19.7 Å². The molecule has 4 heteroatoms. The highest BCUT2D eigenvalue weighted by atomic mass is 16.5. The number of aryl methyl sites for hydroxylation is 1. The Balaban J connectivity index is 2.01. The Morgan fingerprint density at radius 3 is 2.70 bits per heavy atom. The van der Waals surface area contributed by atoms with Crippen LogP contribution >= 0.6 is 0 Å². The van der Waals surface area contributed by atoms with Gasteiger partial charge in [0, 0.05) is 13.1 Å². The van der Waals surface area contributed by atoms with E-state index in [1.807, 2.05) is 4.90 Å². The lowest BCUT2D eigenvalue weighted by Gasteiger charge is -2.40. The van der Waals surface area contributed by atoms with Crippen LogP contribution in [0.3, 0.4) is 0 Å². The zero-order valence-corrected chi connectivity index (χ0v) is 12.4. The standard InChI is InChI=1S/C16H24N2O2/c1-13-4-6-14(7-5-13)10-18-12-16(2,8-3-9-17)20-11-15(18)19/h4-7H,3,8-12,17H2,1-2H3. The molecule has 1 heterocycles. The number of carbonyl (C=O) groups excluding carboxylic acids is 1. The van der Waals surface area contributed by atoms with Crippen LogP contribution in [-0.2, 0) is 16.1 Å². The minimum atomic E-state index is -0.266. The minimum Gasteiger partial charge on any atom is -0.364 e. The summed E-state index contributed by atoms with van der Waals surface area (Å²) in [6.07, 6.45) is 1.81. The molecule has 1 aromatic carbocycles. The molecule has 2 rings (SSSR count). The third kappa shape index (κ3) is 3.81. The first-order chi connectivity index (χ1) is 9.52. The minimum absolute atomic E-state index is 0.0656. The summed E-state index contributed by atoms with van der Waals surface area (Å²) in [7, 11) is 0. The average Bonchev–Trinajstić information content (AvgIpc) is 2.44. The van der Waals surface area contributed by atoms with Crippen molar-refractivity contribution >= 4 is 5.91 Å². The van der Waals surface area contributed by atoms with Crippen LogP contribution in [0.15, 0.2) is 24.3 Å². The van der Waals surface area contributed by atoms with Crippen LogP contribution in [0.5, 0.6) is 0 Å². The molecule has 0 bridgehead atoms. The molecule has 1 aromatic rings. The fourth-order valence-electron chi connectivity index (χ4n) is 2.55. The van der Waals surface area contributed by atoms with Crippen LogP contribution in [0.4, 0.5) is 0 Å². The number of rotatable bonds is 5. The van der Waals surface area contributed by atoms with E-state index in [1.165, 1.54) is 5.56 Å². The molecule has 0 aromatic heterocycles. The van der Waals surface area contributed by atoms with Gasteiger partial charge in [-0.3, -0.25) is 4.79 Å². The van der Waals surface area contributed by atoms with E-state index in [0.717, 1.165) is 18.4 Å². The summed E-state index contributed by atoms with van der Waals surface area (Å²) >= 11 is 0. The van der Waals surface area contributed by atoms with E-state index in [-0.39, 0.29) is 18.1 Å². The molecule has 0 radical (unpaired) electrons. The first kappa shape index (κ1) is 15.0. The molecular weight excluding hydrogens is 252 g/mol. The maximum Gasteiger partial charge on any atom is 0.248 e. The maximum absolute atomic E-state index is 12.0. The molecule has 1 amide bonds. The molecule has 0 spiro atoms. The third-order valence-corrected chi connectivity index (χ3v) is 3.83. The van der Waals surface area contributed by atoms with E-state index < -0.39 is 0 Å². The van der Waals surface area contributed by atoms with E-state index in [1.54, 1.807) is 0 Å². The van der Waals surface area contributed by atoms with Gasteiger partial charge >= 0.3 is 0 Å². The van der Waals surface area contributed by atoms with Crippen LogP contribution in [0.2, 0.25) is 0 Å². The quantitative estimate of drug-likeness (QED) is 0.893. The van der Waals surface area contributed by atoms with Gasteiger partial charge in [-0.1, -0.05) is 29.8 Å². The summed E-state index contributed by atoms with van der Waals surface area (Å²) in [6, 6.07) is 8.31. The highest BCUT2D eigenvalue weighted by Gasteiger charge is 2.35. The predicted molar refractivity (Wildman–Crippen MR) is 79.2 cm³/mol. The van der Waals surface area contributed by atoms with Crippen molar-refractivity contribution in [3.63, 3.8) is 0 Å². The second-order valence-corrected chi connectivity index (χ2v) is 5.87. The van der Waals surface area contributed by atoms with E-state index in [0.29, 0.717) is 19.6 Å². The number of benzene rings is 1. The third-order valence-electron chi connectivity index (χ3n) is 3.83. The van der Waals surface area contributed by atoms with Gasteiger partial charge in [-0.15, -0.1) is 0 Å². The van der Waals surface area contributed by atoms with Crippen LogP contribution < -0.4 is 5.73 Å². The molecule has 1 unspecified atom stereocenters. The molecular formula is C16H24N2O2. The zero-order valence-electron chi connectivity index (χ0n) is 12.4. The molecule has 20 heavy (non-hydrogen) atoms. The molecule has 4 nitrogen and oxygen atoms in total. The Kier molecular flexibility index (Phi) is 4.78. The zero-order chi connectivity index (χ0) is 14.6. The summed E-state index contributed by atoms with van der Waals surface area (Å²) in [5.74, 6) is 0.0656. The smallest absolute Gasteiger partial charge is 0.248 e. The second-order valence-electron chi connectivity index (χ2n) is 5.87. The molecule has 1 atom stereocenters. The van der Waals surface area contributed by atoms with Crippen molar-refractivity contribution in [1.29, 1.82) is 0 Å². The second kappa shape index (κ2) is 6.37. The number of carbonyl (C=O) groups is 1. The van der Waals surface area contributed by atoms with Crippen molar-refractivity contribution in [1.82, 2.24) is 4.90 Å². The first-order valence-corrected chi connectivity index (χ1v) is 7.20. The van der Waals surface area contributed by atoms with Gasteiger partial charge in [0.15, 0.2) is 0 Å². The Labute approximate surface area is 120 Å². The Morgan fingerprint density at radius 2 is 2.05 bits per heavy atom. The van der Waals surface area contributed by atoms with E-state index in [2.05, 4.69) is 38.1 Å². The molecule has 1 aliphatic rings. The average molecular weight is 276 g/mol. The molecule has 1 saturated heterocycles. The highest BCUT2D eigenvalue weighted by Crippen LogP contribution is 2.24. The van der Waals surface area contributed by atoms with Gasteiger partial charge in [-0.05, 0) is 38.8 Å². The summed E-state index contributed by atoms with van der Waals surface area (Å²) < 4.78 is 5.72. The summed E-state index contributed by atoms with van der Waals surface area (Å²) in [6.45, 7) is 6.25. The number of ether oxygens (including phenoxy) is 1. The summed E-state index contributed by atoms with van der Waals surface area (Å²) in [4.78, 5) is 13.9. The van der Waals surface area contributed by atoms with Gasteiger partial charge in [-0.25, -0.2) is 0 Å². The van der Waals surface area contributed by atoms with Crippen molar-refractivity contribution in [3.8, 4) is 0 Å². The number of hydrogen-bond donors (Lipinski definition) is 1. The lowest BCUT2D eigenvalue weighted by Crippen LogP contribution is -2.52. The molecule has 1 fully saturated rings. The van der Waals surface area contributed by atoms with Gasteiger partial charge < -0.3 is 15.4 Å². The van der Waals surface area contributed by atoms with Crippen LogP contribution in [0.25, 0.3) is 0 Å². The first-order valence-electron chi connectivity index (χ1n) is 7.20. The van der Waals surface area contributed by atoms with Gasteiger partial charge in [0.1, 0.15) is 6.61 Å². The van der Waals surface area contributed by atoms with Gasteiger partial charge in [-0.2, -0.15) is 0 Å². The van der Waals surface area contributed by atoms with E-state index in [9.17, 15) is 4.79 Å². The van der Waals surface area contributed by atoms with E-state index in [4.69, 9.17) is 10.5 Å². The van der Waals surface area contributed by atoms with Gasteiger partial charge in [0.2, 0.25) is 5.91 Å². The van der Waals surface area contributed by atoms with Crippen molar-refractivity contribution in [3.05, 3.63) is 35.4 Å². The van der Waals surface area contributed by atoms with Crippen molar-refractivity contribution < 1.29 is 9.53 Å².